The highest BCUT2D eigenvalue weighted by molar-refractivity contribution is 5.91. The largest absolute Gasteiger partial charge is 0.471 e. The molecule has 0 aliphatic carbocycles. The minimum atomic E-state index is -0.136. The number of amides is 1. The van der Waals surface area contributed by atoms with Crippen LogP contribution in [0.1, 0.15) is 32.9 Å². The minimum Gasteiger partial charge on any atom is -0.471 e. The van der Waals surface area contributed by atoms with Crippen LogP contribution in [0.25, 0.3) is 0 Å². The van der Waals surface area contributed by atoms with E-state index in [0.717, 1.165) is 28.1 Å². The van der Waals surface area contributed by atoms with Crippen molar-refractivity contribution in [3.8, 4) is 5.75 Å². The maximum atomic E-state index is 12.6. The molecule has 3 aromatic rings. The van der Waals surface area contributed by atoms with Crippen molar-refractivity contribution in [2.45, 2.75) is 34.0 Å². The van der Waals surface area contributed by atoms with E-state index in [0.29, 0.717) is 12.2 Å². The first-order valence-electron chi connectivity index (χ1n) is 8.81. The van der Waals surface area contributed by atoms with Crippen LogP contribution in [0, 0.1) is 20.8 Å². The van der Waals surface area contributed by atoms with Crippen LogP contribution in [-0.2, 0) is 20.3 Å². The molecule has 0 atom stereocenters. The zero-order chi connectivity index (χ0) is 19.6. The number of nitrogens with zero attached hydrogens (tertiary/aromatic N) is 5. The third-order valence-corrected chi connectivity index (χ3v) is 4.29. The molecular weight excluding hydrogens is 342 g/mol. The number of rotatable bonds is 6. The Morgan fingerprint density at radius 3 is 2.48 bits per heavy atom. The van der Waals surface area contributed by atoms with E-state index >= 15 is 0 Å². The van der Waals surface area contributed by atoms with E-state index in [-0.39, 0.29) is 12.6 Å². The molecule has 0 saturated carbocycles. The van der Waals surface area contributed by atoms with Gasteiger partial charge in [-0.25, -0.2) is 4.68 Å². The Bertz CT molecular complexity index is 937. The normalized spacial score (nSPS) is 10.9. The number of aromatic nitrogens is 4. The smallest absolute Gasteiger partial charge is 0.274 e. The summed E-state index contributed by atoms with van der Waals surface area (Å²) < 4.78 is 9.16. The summed E-state index contributed by atoms with van der Waals surface area (Å²) in [6, 6.07) is 7.76. The second-order valence-electron chi connectivity index (χ2n) is 6.91. The van der Waals surface area contributed by atoms with Crippen LogP contribution >= 0.6 is 0 Å². The molecule has 0 fully saturated rings. The molecule has 0 unspecified atom stereocenters. The van der Waals surface area contributed by atoms with Gasteiger partial charge in [0.25, 0.3) is 5.91 Å². The summed E-state index contributed by atoms with van der Waals surface area (Å²) in [5.74, 6) is 0.656. The summed E-state index contributed by atoms with van der Waals surface area (Å²) >= 11 is 0. The number of carbonyl (C=O) groups excluding carboxylic acids is 1. The predicted molar refractivity (Wildman–Crippen MR) is 103 cm³/mol. The molecule has 27 heavy (non-hydrogen) atoms. The number of hydrogen-bond acceptors (Lipinski definition) is 4. The van der Waals surface area contributed by atoms with Crippen LogP contribution in [0.15, 0.2) is 36.7 Å². The van der Waals surface area contributed by atoms with Crippen LogP contribution in [0.4, 0.5) is 0 Å². The number of carbonyl (C=O) groups is 1. The summed E-state index contributed by atoms with van der Waals surface area (Å²) in [5, 5.41) is 8.65. The molecule has 0 aliphatic heterocycles. The van der Waals surface area contributed by atoms with Gasteiger partial charge in [-0.3, -0.25) is 9.48 Å². The molecule has 3 rings (SSSR count). The number of benzene rings is 1. The van der Waals surface area contributed by atoms with E-state index in [1.807, 2.05) is 46.1 Å². The van der Waals surface area contributed by atoms with Crippen molar-refractivity contribution in [1.29, 1.82) is 0 Å². The molecule has 2 heterocycles. The van der Waals surface area contributed by atoms with Crippen LogP contribution < -0.4 is 4.74 Å². The first-order valence-corrected chi connectivity index (χ1v) is 8.81. The van der Waals surface area contributed by atoms with Crippen LogP contribution in [-0.4, -0.2) is 37.4 Å². The molecule has 0 saturated heterocycles. The van der Waals surface area contributed by atoms with Gasteiger partial charge < -0.3 is 9.64 Å². The van der Waals surface area contributed by atoms with Gasteiger partial charge in [-0.15, -0.1) is 0 Å². The number of ether oxygens (including phenoxy) is 1. The van der Waals surface area contributed by atoms with E-state index in [9.17, 15) is 4.79 Å². The molecule has 1 amide bonds. The fourth-order valence-corrected chi connectivity index (χ4v) is 3.03. The number of aryl methyl sites for hydroxylation is 4. The van der Waals surface area contributed by atoms with Crippen LogP contribution in [0.3, 0.4) is 0 Å². The summed E-state index contributed by atoms with van der Waals surface area (Å²) in [6.45, 7) is 6.74. The second-order valence-corrected chi connectivity index (χ2v) is 6.91. The maximum Gasteiger partial charge on any atom is 0.274 e. The molecule has 7 nitrogen and oxygen atoms in total. The number of hydrogen-bond donors (Lipinski definition) is 0. The van der Waals surface area contributed by atoms with Crippen molar-refractivity contribution in [3.63, 3.8) is 0 Å². The third kappa shape index (κ3) is 4.55. The van der Waals surface area contributed by atoms with Gasteiger partial charge in [-0.05, 0) is 50.1 Å². The zero-order valence-corrected chi connectivity index (χ0v) is 16.4. The van der Waals surface area contributed by atoms with Gasteiger partial charge >= 0.3 is 0 Å². The Morgan fingerprint density at radius 1 is 1.15 bits per heavy atom. The molecule has 0 N–H and O–H groups in total. The topological polar surface area (TPSA) is 65.2 Å². The molecule has 2 aromatic heterocycles. The van der Waals surface area contributed by atoms with Gasteiger partial charge in [0.15, 0.2) is 12.4 Å². The highest BCUT2D eigenvalue weighted by atomic mass is 16.5. The molecule has 0 aliphatic rings. The van der Waals surface area contributed by atoms with Crippen molar-refractivity contribution in [2.75, 3.05) is 7.05 Å². The highest BCUT2D eigenvalue weighted by Gasteiger charge is 2.17. The Balaban J connectivity index is 1.62. The molecule has 0 spiro atoms. The molecule has 0 bridgehead atoms. The van der Waals surface area contributed by atoms with Gasteiger partial charge in [0.05, 0.1) is 5.69 Å². The Kier molecular flexibility index (Phi) is 5.30. The Labute approximate surface area is 159 Å². The van der Waals surface area contributed by atoms with Crippen molar-refractivity contribution in [2.24, 2.45) is 7.05 Å². The first kappa shape index (κ1) is 18.7. The summed E-state index contributed by atoms with van der Waals surface area (Å²) in [7, 11) is 3.63. The summed E-state index contributed by atoms with van der Waals surface area (Å²) in [6.07, 6.45) is 3.68. The lowest BCUT2D eigenvalue weighted by Crippen LogP contribution is -2.27. The van der Waals surface area contributed by atoms with Crippen LogP contribution in [0.2, 0.25) is 0 Å². The van der Waals surface area contributed by atoms with Gasteiger partial charge in [-0.2, -0.15) is 10.2 Å². The summed E-state index contributed by atoms with van der Waals surface area (Å²) in [5.41, 5.74) is 4.63. The second kappa shape index (κ2) is 7.65. The zero-order valence-electron chi connectivity index (χ0n) is 16.4. The average Bonchev–Trinajstić information content (AvgIpc) is 3.18. The van der Waals surface area contributed by atoms with E-state index in [2.05, 4.69) is 16.3 Å². The fourth-order valence-electron chi connectivity index (χ4n) is 3.03. The predicted octanol–water partition coefficient (Wildman–Crippen LogP) is 2.85. The van der Waals surface area contributed by atoms with E-state index in [4.69, 9.17) is 4.74 Å². The quantitative estimate of drug-likeness (QED) is 0.672. The lowest BCUT2D eigenvalue weighted by atomic mass is 10.1. The van der Waals surface area contributed by atoms with Crippen molar-refractivity contribution < 1.29 is 9.53 Å². The third-order valence-electron chi connectivity index (χ3n) is 4.29. The van der Waals surface area contributed by atoms with Gasteiger partial charge in [0.2, 0.25) is 0 Å². The SMILES string of the molecule is Cc1cc(C)cc(OCn2ccc(C(=O)N(C)Cc3cn(C)nc3C)n2)c1. The summed E-state index contributed by atoms with van der Waals surface area (Å²) in [4.78, 5) is 14.3. The van der Waals surface area contributed by atoms with Gasteiger partial charge in [-0.1, -0.05) is 6.07 Å². The van der Waals surface area contributed by atoms with Crippen molar-refractivity contribution in [3.05, 3.63) is 64.7 Å². The molecule has 0 radical (unpaired) electrons. The van der Waals surface area contributed by atoms with E-state index in [1.165, 1.54) is 0 Å². The van der Waals surface area contributed by atoms with E-state index in [1.54, 1.807) is 33.6 Å². The minimum absolute atomic E-state index is 0.136. The lowest BCUT2D eigenvalue weighted by Gasteiger charge is -2.15. The Morgan fingerprint density at radius 2 is 1.85 bits per heavy atom. The van der Waals surface area contributed by atoms with E-state index < -0.39 is 0 Å². The first-order chi connectivity index (χ1) is 12.8. The monoisotopic (exact) mass is 367 g/mol. The standard InChI is InChI=1S/C20H25N5O2/c1-14-8-15(2)10-18(9-14)27-13-25-7-6-19(22-25)20(26)23(4)11-17-12-24(5)21-16(17)3/h6-10,12H,11,13H2,1-5H3. The lowest BCUT2D eigenvalue weighted by molar-refractivity contribution is 0.0777. The maximum absolute atomic E-state index is 12.6. The molecular formula is C20H25N5O2. The van der Waals surface area contributed by atoms with Crippen molar-refractivity contribution in [1.82, 2.24) is 24.5 Å². The Hall–Kier alpha value is -3.09. The fraction of sp³-hybridized carbons (Fsp3) is 0.350. The highest BCUT2D eigenvalue weighted by Crippen LogP contribution is 2.17. The van der Waals surface area contributed by atoms with Gasteiger partial charge in [0.1, 0.15) is 5.75 Å². The van der Waals surface area contributed by atoms with Crippen LogP contribution in [0.5, 0.6) is 5.75 Å². The average molecular weight is 367 g/mol. The molecule has 7 heteroatoms. The van der Waals surface area contributed by atoms with Gasteiger partial charge in [0, 0.05) is 38.6 Å². The molecule has 142 valence electrons. The molecule has 1 aromatic carbocycles. The van der Waals surface area contributed by atoms with Crippen molar-refractivity contribution >= 4 is 5.91 Å².